The summed E-state index contributed by atoms with van der Waals surface area (Å²) >= 11 is 5.80. The molecule has 0 atom stereocenters. The molecule has 0 bridgehead atoms. The van der Waals surface area contributed by atoms with E-state index in [1.807, 2.05) is 19.1 Å². The van der Waals surface area contributed by atoms with Crippen molar-refractivity contribution in [1.29, 1.82) is 0 Å². The van der Waals surface area contributed by atoms with Gasteiger partial charge in [0.15, 0.2) is 0 Å². The van der Waals surface area contributed by atoms with E-state index in [1.54, 1.807) is 12.1 Å². The molecule has 0 aliphatic rings. The number of nitrogens with one attached hydrogen (secondary N) is 1. The van der Waals surface area contributed by atoms with Crippen LogP contribution in [0.4, 0.5) is 5.95 Å². The smallest absolute Gasteiger partial charge is 0.258 e. The van der Waals surface area contributed by atoms with Crippen molar-refractivity contribution < 1.29 is 9.53 Å². The Morgan fingerprint density at radius 3 is 2.58 bits per heavy atom. The van der Waals surface area contributed by atoms with Gasteiger partial charge >= 0.3 is 0 Å². The maximum atomic E-state index is 12.0. The van der Waals surface area contributed by atoms with E-state index < -0.39 is 0 Å². The molecule has 19 heavy (non-hydrogen) atoms. The first-order chi connectivity index (χ1) is 9.08. The van der Waals surface area contributed by atoms with E-state index in [2.05, 4.69) is 15.3 Å². The van der Waals surface area contributed by atoms with Crippen molar-refractivity contribution in [2.45, 2.75) is 6.92 Å². The summed E-state index contributed by atoms with van der Waals surface area (Å²) in [6.07, 6.45) is 0. The first kappa shape index (κ1) is 13.3. The van der Waals surface area contributed by atoms with Crippen molar-refractivity contribution >= 4 is 23.5 Å². The topological polar surface area (TPSA) is 64.1 Å². The van der Waals surface area contributed by atoms with Gasteiger partial charge in [0.25, 0.3) is 5.91 Å². The molecule has 2 rings (SSSR count). The standard InChI is InChI=1S/C13H12ClN3O2/c1-8-3-5-9(6-4-8)12(18)17-13-15-10(14)7-11(16-13)19-2/h3-7H,1-2H3,(H,15,16,17,18). The summed E-state index contributed by atoms with van der Waals surface area (Å²) in [4.78, 5) is 19.9. The lowest BCUT2D eigenvalue weighted by Crippen LogP contribution is -2.14. The molecule has 1 aromatic heterocycles. The molecule has 0 radical (unpaired) electrons. The quantitative estimate of drug-likeness (QED) is 0.876. The van der Waals surface area contributed by atoms with Gasteiger partial charge in [-0.15, -0.1) is 0 Å². The van der Waals surface area contributed by atoms with Gasteiger partial charge in [-0.3, -0.25) is 10.1 Å². The Labute approximate surface area is 115 Å². The number of ether oxygens (including phenoxy) is 1. The molecule has 5 nitrogen and oxygen atoms in total. The Morgan fingerprint density at radius 2 is 1.95 bits per heavy atom. The number of aromatic nitrogens is 2. The summed E-state index contributed by atoms with van der Waals surface area (Å²) in [6.45, 7) is 1.95. The van der Waals surface area contributed by atoms with Crippen molar-refractivity contribution in [3.63, 3.8) is 0 Å². The molecule has 98 valence electrons. The summed E-state index contributed by atoms with van der Waals surface area (Å²) in [5.74, 6) is 0.0958. The average molecular weight is 278 g/mol. The largest absolute Gasteiger partial charge is 0.481 e. The minimum Gasteiger partial charge on any atom is -0.481 e. The molecule has 1 aromatic carbocycles. The highest BCUT2D eigenvalue weighted by molar-refractivity contribution is 6.29. The predicted molar refractivity (Wildman–Crippen MR) is 72.7 cm³/mol. The van der Waals surface area contributed by atoms with Gasteiger partial charge in [-0.2, -0.15) is 4.98 Å². The van der Waals surface area contributed by atoms with Crippen LogP contribution >= 0.6 is 11.6 Å². The van der Waals surface area contributed by atoms with E-state index in [0.717, 1.165) is 5.56 Å². The second-order valence-electron chi connectivity index (χ2n) is 3.88. The Hall–Kier alpha value is -2.14. The molecule has 0 spiro atoms. The second-order valence-corrected chi connectivity index (χ2v) is 4.26. The minimum absolute atomic E-state index is 0.106. The summed E-state index contributed by atoms with van der Waals surface area (Å²) in [7, 11) is 1.46. The lowest BCUT2D eigenvalue weighted by atomic mass is 10.1. The fourth-order valence-electron chi connectivity index (χ4n) is 1.44. The number of anilines is 1. The summed E-state index contributed by atoms with van der Waals surface area (Å²) in [5.41, 5.74) is 1.60. The van der Waals surface area contributed by atoms with E-state index in [-0.39, 0.29) is 17.0 Å². The SMILES string of the molecule is COc1cc(Cl)nc(NC(=O)c2ccc(C)cc2)n1. The Bertz CT molecular complexity index is 599. The molecule has 0 fully saturated rings. The minimum atomic E-state index is -0.302. The second kappa shape index (κ2) is 5.67. The number of amides is 1. The number of benzene rings is 1. The molecule has 0 saturated carbocycles. The number of hydrogen-bond donors (Lipinski definition) is 1. The van der Waals surface area contributed by atoms with Crippen LogP contribution in [0.5, 0.6) is 5.88 Å². The van der Waals surface area contributed by atoms with Crippen LogP contribution in [0, 0.1) is 6.92 Å². The maximum Gasteiger partial charge on any atom is 0.258 e. The highest BCUT2D eigenvalue weighted by Gasteiger charge is 2.09. The van der Waals surface area contributed by atoms with Gasteiger partial charge < -0.3 is 4.74 Å². The Morgan fingerprint density at radius 1 is 1.26 bits per heavy atom. The normalized spacial score (nSPS) is 10.1. The van der Waals surface area contributed by atoms with Crippen molar-refractivity contribution in [1.82, 2.24) is 9.97 Å². The molecule has 2 aromatic rings. The Kier molecular flexibility index (Phi) is 3.97. The van der Waals surface area contributed by atoms with Gasteiger partial charge in [0, 0.05) is 11.6 Å². The van der Waals surface area contributed by atoms with Gasteiger partial charge in [0.2, 0.25) is 11.8 Å². The van der Waals surface area contributed by atoms with E-state index in [9.17, 15) is 4.79 Å². The van der Waals surface area contributed by atoms with Crippen molar-refractivity contribution in [2.75, 3.05) is 12.4 Å². The summed E-state index contributed by atoms with van der Waals surface area (Å²) in [6, 6.07) is 8.63. The van der Waals surface area contributed by atoms with Crippen LogP contribution in [0.3, 0.4) is 0 Å². The van der Waals surface area contributed by atoms with E-state index in [4.69, 9.17) is 16.3 Å². The molecule has 1 N–H and O–H groups in total. The maximum absolute atomic E-state index is 12.0. The lowest BCUT2D eigenvalue weighted by Gasteiger charge is -2.06. The number of carbonyl (C=O) groups excluding carboxylic acids is 1. The van der Waals surface area contributed by atoms with Crippen LogP contribution in [0.2, 0.25) is 5.15 Å². The first-order valence-electron chi connectivity index (χ1n) is 5.55. The number of nitrogens with zero attached hydrogens (tertiary/aromatic N) is 2. The van der Waals surface area contributed by atoms with Gasteiger partial charge in [0.05, 0.1) is 7.11 Å². The average Bonchev–Trinajstić information content (AvgIpc) is 2.38. The van der Waals surface area contributed by atoms with Gasteiger partial charge in [0.1, 0.15) is 5.15 Å². The fraction of sp³-hybridized carbons (Fsp3) is 0.154. The Balaban J connectivity index is 2.18. The number of methoxy groups -OCH3 is 1. The van der Waals surface area contributed by atoms with E-state index in [0.29, 0.717) is 11.4 Å². The highest BCUT2D eigenvalue weighted by Crippen LogP contribution is 2.16. The molecule has 6 heteroatoms. The first-order valence-corrected chi connectivity index (χ1v) is 5.93. The molecule has 1 heterocycles. The van der Waals surface area contributed by atoms with Crippen LogP contribution in [0.25, 0.3) is 0 Å². The zero-order valence-corrected chi connectivity index (χ0v) is 11.2. The van der Waals surface area contributed by atoms with Crippen LogP contribution < -0.4 is 10.1 Å². The van der Waals surface area contributed by atoms with Crippen LogP contribution in [-0.4, -0.2) is 23.0 Å². The van der Waals surface area contributed by atoms with Gasteiger partial charge in [-0.05, 0) is 19.1 Å². The summed E-state index contributed by atoms with van der Waals surface area (Å²) in [5, 5.41) is 2.77. The molecule has 0 saturated heterocycles. The fourth-order valence-corrected chi connectivity index (χ4v) is 1.61. The monoisotopic (exact) mass is 277 g/mol. The molecular weight excluding hydrogens is 266 g/mol. The number of carbonyl (C=O) groups is 1. The number of rotatable bonds is 3. The van der Waals surface area contributed by atoms with E-state index >= 15 is 0 Å². The third-order valence-corrected chi connectivity index (χ3v) is 2.61. The van der Waals surface area contributed by atoms with Crippen LogP contribution in [-0.2, 0) is 0 Å². The van der Waals surface area contributed by atoms with Crippen molar-refractivity contribution in [2.24, 2.45) is 0 Å². The van der Waals surface area contributed by atoms with Crippen LogP contribution in [0.1, 0.15) is 15.9 Å². The molecular formula is C13H12ClN3O2. The molecule has 0 aliphatic carbocycles. The van der Waals surface area contributed by atoms with Crippen molar-refractivity contribution in [3.05, 3.63) is 46.6 Å². The molecule has 0 aliphatic heterocycles. The highest BCUT2D eigenvalue weighted by atomic mass is 35.5. The molecule has 1 amide bonds. The predicted octanol–water partition coefficient (Wildman–Crippen LogP) is 2.70. The van der Waals surface area contributed by atoms with E-state index in [1.165, 1.54) is 13.2 Å². The number of aryl methyl sites for hydroxylation is 1. The number of halogens is 1. The van der Waals surface area contributed by atoms with Crippen molar-refractivity contribution in [3.8, 4) is 5.88 Å². The summed E-state index contributed by atoms with van der Waals surface area (Å²) < 4.78 is 4.95. The number of hydrogen-bond acceptors (Lipinski definition) is 4. The van der Waals surface area contributed by atoms with Crippen LogP contribution in [0.15, 0.2) is 30.3 Å². The third kappa shape index (κ3) is 3.42. The third-order valence-electron chi connectivity index (χ3n) is 2.42. The zero-order chi connectivity index (χ0) is 13.8. The lowest BCUT2D eigenvalue weighted by molar-refractivity contribution is 0.102. The molecule has 0 unspecified atom stereocenters. The zero-order valence-electron chi connectivity index (χ0n) is 10.5. The van der Waals surface area contributed by atoms with Gasteiger partial charge in [-0.25, -0.2) is 4.98 Å². The van der Waals surface area contributed by atoms with Gasteiger partial charge in [-0.1, -0.05) is 29.3 Å².